The molecule has 0 spiro atoms. The van der Waals surface area contributed by atoms with Gasteiger partial charge in [-0.05, 0) is 48.7 Å². The first-order valence-corrected chi connectivity index (χ1v) is 11.0. The largest absolute Gasteiger partial charge is 0.493 e. The molecule has 3 aromatic rings. The molecule has 176 valence electrons. The summed E-state index contributed by atoms with van der Waals surface area (Å²) in [6.07, 6.45) is 2.10. The van der Waals surface area contributed by atoms with Crippen molar-refractivity contribution in [3.8, 4) is 34.4 Å². The molecule has 0 bridgehead atoms. The second-order valence-corrected chi connectivity index (χ2v) is 8.08. The average Bonchev–Trinajstić information content (AvgIpc) is 3.30. The van der Waals surface area contributed by atoms with Gasteiger partial charge in [0, 0.05) is 23.3 Å². The van der Waals surface area contributed by atoms with E-state index in [2.05, 4.69) is 5.32 Å². The Bertz CT molecular complexity index is 1300. The number of anilines is 1. The predicted molar refractivity (Wildman–Crippen MR) is 126 cm³/mol. The van der Waals surface area contributed by atoms with Gasteiger partial charge in [-0.3, -0.25) is 4.79 Å². The lowest BCUT2D eigenvalue weighted by molar-refractivity contribution is -0.116. The van der Waals surface area contributed by atoms with Crippen LogP contribution in [0.3, 0.4) is 0 Å². The second-order valence-electron chi connectivity index (χ2n) is 8.08. The number of rotatable bonds is 6. The molecule has 0 fully saturated rings. The van der Waals surface area contributed by atoms with Crippen LogP contribution in [0.2, 0.25) is 0 Å². The Balaban J connectivity index is 1.65. The molecule has 1 atom stereocenters. The molecule has 1 aromatic heterocycles. The molecule has 9 nitrogen and oxygen atoms in total. The van der Waals surface area contributed by atoms with Gasteiger partial charge in [-0.25, -0.2) is 4.68 Å². The van der Waals surface area contributed by atoms with Gasteiger partial charge in [-0.2, -0.15) is 4.98 Å². The van der Waals surface area contributed by atoms with Crippen molar-refractivity contribution in [3.05, 3.63) is 53.2 Å². The van der Waals surface area contributed by atoms with Gasteiger partial charge in [0.05, 0.1) is 28.4 Å². The van der Waals surface area contributed by atoms with Crippen LogP contribution in [0.25, 0.3) is 11.4 Å². The fourth-order valence-electron chi connectivity index (χ4n) is 4.58. The summed E-state index contributed by atoms with van der Waals surface area (Å²) < 4.78 is 23.5. The molecule has 5 rings (SSSR count). The maximum Gasteiger partial charge on any atom is 0.226 e. The summed E-state index contributed by atoms with van der Waals surface area (Å²) in [6.45, 7) is 0. The lowest BCUT2D eigenvalue weighted by atomic mass is 9.85. The Hall–Kier alpha value is -4.01. The topological polar surface area (TPSA) is 96.7 Å². The zero-order chi connectivity index (χ0) is 23.8. The highest BCUT2D eigenvalue weighted by Gasteiger charge is 2.37. The minimum absolute atomic E-state index is 0.113. The zero-order valence-electron chi connectivity index (χ0n) is 19.5. The molecule has 9 heteroatoms. The predicted octanol–water partition coefficient (Wildman–Crippen LogP) is 4.00. The first-order valence-electron chi connectivity index (χ1n) is 11.0. The molecule has 1 aliphatic carbocycles. The van der Waals surface area contributed by atoms with Gasteiger partial charge in [0.2, 0.25) is 5.95 Å². The smallest absolute Gasteiger partial charge is 0.226 e. The van der Waals surface area contributed by atoms with Crippen LogP contribution in [0.4, 0.5) is 5.95 Å². The van der Waals surface area contributed by atoms with E-state index in [9.17, 15) is 4.79 Å². The lowest BCUT2D eigenvalue weighted by Crippen LogP contribution is -2.31. The molecule has 0 unspecified atom stereocenters. The van der Waals surface area contributed by atoms with E-state index >= 15 is 0 Å². The van der Waals surface area contributed by atoms with Gasteiger partial charge < -0.3 is 24.3 Å². The molecule has 0 saturated carbocycles. The minimum Gasteiger partial charge on any atom is -0.493 e. The van der Waals surface area contributed by atoms with Gasteiger partial charge in [-0.1, -0.05) is 6.07 Å². The number of carbonyl (C=O) groups is 1. The number of aromatic nitrogens is 3. The van der Waals surface area contributed by atoms with E-state index in [-0.39, 0.29) is 5.78 Å². The number of ketones is 1. The number of hydrogen-bond acceptors (Lipinski definition) is 8. The molecular formula is C25H26N4O5. The van der Waals surface area contributed by atoms with Crippen molar-refractivity contribution >= 4 is 11.7 Å². The Kier molecular flexibility index (Phi) is 5.61. The molecule has 2 heterocycles. The molecule has 0 radical (unpaired) electrons. The van der Waals surface area contributed by atoms with Gasteiger partial charge in [0.1, 0.15) is 6.04 Å². The standard InChI is InChI=1S/C25H26N4O5/c1-31-18-10-8-14(12-20(18)33-3)23-22-16(6-5-7-17(22)30)26-25-27-24(28-29(23)25)15-9-11-19(32-2)21(13-15)34-4/h8-13,23H,5-7H2,1-4H3,(H,26,27,28)/t23-/m0/s1. The molecule has 1 N–H and O–H groups in total. The van der Waals surface area contributed by atoms with Gasteiger partial charge in [0.25, 0.3) is 0 Å². The summed E-state index contributed by atoms with van der Waals surface area (Å²) in [6, 6.07) is 10.8. The van der Waals surface area contributed by atoms with Crippen LogP contribution in [-0.2, 0) is 4.79 Å². The zero-order valence-corrected chi connectivity index (χ0v) is 19.5. The van der Waals surface area contributed by atoms with E-state index in [1.165, 1.54) is 0 Å². The number of fused-ring (bicyclic) bond motifs is 1. The third kappa shape index (κ3) is 3.53. The summed E-state index contributed by atoms with van der Waals surface area (Å²) in [5.74, 6) is 3.63. The molecular weight excluding hydrogens is 436 g/mol. The fourth-order valence-corrected chi connectivity index (χ4v) is 4.58. The number of benzene rings is 2. The van der Waals surface area contributed by atoms with E-state index < -0.39 is 6.04 Å². The molecule has 1 aliphatic heterocycles. The highest BCUT2D eigenvalue weighted by Crippen LogP contribution is 2.43. The SMILES string of the molecule is COc1ccc(-c2nc3n(n2)[C@@H](c2ccc(OC)c(OC)c2)C2=C(CCCC2=O)N3)cc1OC. The molecule has 2 aliphatic rings. The van der Waals surface area contributed by atoms with Crippen LogP contribution >= 0.6 is 0 Å². The van der Waals surface area contributed by atoms with Gasteiger partial charge in [-0.15, -0.1) is 5.10 Å². The summed E-state index contributed by atoms with van der Waals surface area (Å²) in [7, 11) is 6.37. The highest BCUT2D eigenvalue weighted by molar-refractivity contribution is 5.99. The maximum atomic E-state index is 13.1. The number of methoxy groups -OCH3 is 4. The average molecular weight is 463 g/mol. The monoisotopic (exact) mass is 462 g/mol. The molecule has 34 heavy (non-hydrogen) atoms. The maximum absolute atomic E-state index is 13.1. The van der Waals surface area contributed by atoms with Crippen molar-refractivity contribution < 1.29 is 23.7 Å². The van der Waals surface area contributed by atoms with E-state index in [0.29, 0.717) is 41.2 Å². The van der Waals surface area contributed by atoms with Crippen molar-refractivity contribution in [1.29, 1.82) is 0 Å². The Labute approximate surface area is 197 Å². The number of nitrogens with zero attached hydrogens (tertiary/aromatic N) is 3. The minimum atomic E-state index is -0.430. The van der Waals surface area contributed by atoms with Gasteiger partial charge in [0.15, 0.2) is 34.6 Å². The summed E-state index contributed by atoms with van der Waals surface area (Å²) in [5.41, 5.74) is 3.26. The molecule has 0 saturated heterocycles. The van der Waals surface area contributed by atoms with Crippen LogP contribution < -0.4 is 24.3 Å². The molecule has 2 aromatic carbocycles. The molecule has 0 amide bonds. The summed E-state index contributed by atoms with van der Waals surface area (Å²) >= 11 is 0. The number of nitrogens with one attached hydrogen (secondary N) is 1. The van der Waals surface area contributed by atoms with Crippen molar-refractivity contribution in [1.82, 2.24) is 14.8 Å². The second kappa shape index (κ2) is 8.74. The number of allylic oxidation sites excluding steroid dienone is 2. The lowest BCUT2D eigenvalue weighted by Gasteiger charge is -2.32. The number of ether oxygens (including phenoxy) is 4. The Morgan fingerprint density at radius 3 is 2.26 bits per heavy atom. The van der Waals surface area contributed by atoms with E-state index in [0.717, 1.165) is 35.2 Å². The fraction of sp³-hybridized carbons (Fsp3) is 0.320. The van der Waals surface area contributed by atoms with Crippen molar-refractivity contribution in [2.75, 3.05) is 33.8 Å². The van der Waals surface area contributed by atoms with Crippen LogP contribution in [0.15, 0.2) is 47.7 Å². The number of carbonyl (C=O) groups excluding carboxylic acids is 1. The highest BCUT2D eigenvalue weighted by atomic mass is 16.5. The van der Waals surface area contributed by atoms with Crippen LogP contribution in [0, 0.1) is 0 Å². The Morgan fingerprint density at radius 2 is 1.56 bits per heavy atom. The third-order valence-electron chi connectivity index (χ3n) is 6.23. The van der Waals surface area contributed by atoms with Crippen LogP contribution in [0.1, 0.15) is 30.9 Å². The van der Waals surface area contributed by atoms with Crippen molar-refractivity contribution in [2.24, 2.45) is 0 Å². The van der Waals surface area contributed by atoms with Crippen molar-refractivity contribution in [2.45, 2.75) is 25.3 Å². The summed E-state index contributed by atoms with van der Waals surface area (Å²) in [4.78, 5) is 17.8. The number of Topliss-reactive ketones (excluding diaryl/α,β-unsaturated/α-hetero) is 1. The summed E-state index contributed by atoms with van der Waals surface area (Å²) in [5, 5.41) is 8.18. The number of hydrogen-bond donors (Lipinski definition) is 1. The van der Waals surface area contributed by atoms with Crippen LogP contribution in [0.5, 0.6) is 23.0 Å². The third-order valence-corrected chi connectivity index (χ3v) is 6.23. The quantitative estimate of drug-likeness (QED) is 0.587. The normalized spacial score (nSPS) is 16.9. The van der Waals surface area contributed by atoms with E-state index in [1.807, 2.05) is 36.4 Å². The van der Waals surface area contributed by atoms with Crippen LogP contribution in [-0.4, -0.2) is 49.0 Å². The van der Waals surface area contributed by atoms with Crippen molar-refractivity contribution in [3.63, 3.8) is 0 Å². The first kappa shape index (κ1) is 21.8. The first-order chi connectivity index (χ1) is 16.6. The van der Waals surface area contributed by atoms with Gasteiger partial charge >= 0.3 is 0 Å². The van der Waals surface area contributed by atoms with E-state index in [1.54, 1.807) is 33.1 Å². The Morgan fingerprint density at radius 1 is 0.882 bits per heavy atom. The van der Waals surface area contributed by atoms with E-state index in [4.69, 9.17) is 29.0 Å².